The minimum absolute atomic E-state index is 0.211. The number of rotatable bonds is 6. The van der Waals surface area contributed by atoms with E-state index in [1.165, 1.54) is 6.92 Å². The molecule has 0 amide bonds. The zero-order valence-electron chi connectivity index (χ0n) is 10.2. The summed E-state index contributed by atoms with van der Waals surface area (Å²) in [5, 5.41) is 0. The van der Waals surface area contributed by atoms with Gasteiger partial charge in [-0.15, -0.1) is 0 Å². The van der Waals surface area contributed by atoms with Crippen molar-refractivity contribution in [1.29, 1.82) is 0 Å². The van der Waals surface area contributed by atoms with Crippen LogP contribution in [0.25, 0.3) is 0 Å². The Morgan fingerprint density at radius 3 is 1.93 bits per heavy atom. The van der Waals surface area contributed by atoms with Crippen molar-refractivity contribution in [2.24, 2.45) is 0 Å². The first-order chi connectivity index (χ1) is 7.08. The second-order valence-corrected chi connectivity index (χ2v) is 2.76. The number of carbonyl (C=O) groups is 2. The van der Waals surface area contributed by atoms with Crippen LogP contribution in [-0.4, -0.2) is 31.6 Å². The lowest BCUT2D eigenvalue weighted by Gasteiger charge is -1.96. The van der Waals surface area contributed by atoms with Crippen LogP contribution in [0.5, 0.6) is 0 Å². The Balaban J connectivity index is 0. The second kappa shape index (κ2) is 13.1. The number of carbonyl (C=O) groups excluding carboxylic acids is 2. The molecule has 0 rings (SSSR count). The first-order valence-corrected chi connectivity index (χ1v) is 5.31. The summed E-state index contributed by atoms with van der Waals surface area (Å²) in [5.74, 6) is 0.0703. The van der Waals surface area contributed by atoms with Crippen LogP contribution < -0.4 is 0 Å². The molecule has 0 aliphatic heterocycles. The van der Waals surface area contributed by atoms with Gasteiger partial charge >= 0.3 is 5.97 Å². The molecule has 0 saturated carbocycles. The quantitative estimate of drug-likeness (QED) is 0.505. The van der Waals surface area contributed by atoms with Crippen LogP contribution in [0.2, 0.25) is 0 Å². The molecular formula is C11H22O4. The van der Waals surface area contributed by atoms with Crippen molar-refractivity contribution in [3.63, 3.8) is 0 Å². The maximum Gasteiger partial charge on any atom is 0.302 e. The lowest BCUT2D eigenvalue weighted by atomic mass is 10.2. The summed E-state index contributed by atoms with van der Waals surface area (Å²) in [6, 6.07) is 0. The highest BCUT2D eigenvalue weighted by molar-refractivity contribution is 5.78. The Labute approximate surface area is 91.9 Å². The molecule has 0 fully saturated rings. The summed E-state index contributed by atoms with van der Waals surface area (Å²) >= 11 is 0. The predicted octanol–water partition coefficient (Wildman–Crippen LogP) is 1.96. The van der Waals surface area contributed by atoms with Gasteiger partial charge in [0.05, 0.1) is 13.2 Å². The third kappa shape index (κ3) is 19.5. The average molecular weight is 218 g/mol. The molecule has 0 aromatic carbocycles. The van der Waals surface area contributed by atoms with Gasteiger partial charge in [-0.2, -0.15) is 0 Å². The molecule has 0 heterocycles. The summed E-state index contributed by atoms with van der Waals surface area (Å²) in [6.07, 6.45) is 1.21. The summed E-state index contributed by atoms with van der Waals surface area (Å²) < 4.78 is 9.39. The molecule has 0 unspecified atom stereocenters. The van der Waals surface area contributed by atoms with E-state index in [1.807, 2.05) is 13.8 Å². The van der Waals surface area contributed by atoms with Gasteiger partial charge in [-0.3, -0.25) is 9.59 Å². The molecule has 0 bridgehead atoms. The minimum atomic E-state index is -0.211. The smallest absolute Gasteiger partial charge is 0.302 e. The standard InChI is InChI=1S/C7H14O2.C4H8O2/c1-3-7(8)5-6-9-4-2;1-3-6-4(2)5/h3-6H2,1-2H3;3H2,1-2H3. The van der Waals surface area contributed by atoms with Crippen LogP contribution in [0.4, 0.5) is 0 Å². The summed E-state index contributed by atoms with van der Waals surface area (Å²) in [6.45, 7) is 8.74. The molecule has 0 radical (unpaired) electrons. The van der Waals surface area contributed by atoms with Crippen molar-refractivity contribution in [2.75, 3.05) is 19.8 Å². The molecule has 4 heteroatoms. The van der Waals surface area contributed by atoms with Crippen molar-refractivity contribution in [1.82, 2.24) is 0 Å². The molecule has 90 valence electrons. The summed E-state index contributed by atoms with van der Waals surface area (Å²) in [4.78, 5) is 20.4. The maximum absolute atomic E-state index is 10.6. The van der Waals surface area contributed by atoms with Crippen LogP contribution in [0.15, 0.2) is 0 Å². The van der Waals surface area contributed by atoms with E-state index in [9.17, 15) is 9.59 Å². The highest BCUT2D eigenvalue weighted by Crippen LogP contribution is 1.88. The Morgan fingerprint density at radius 2 is 1.67 bits per heavy atom. The SMILES string of the molecule is CCOC(C)=O.CCOCCC(=O)CC. The van der Waals surface area contributed by atoms with E-state index < -0.39 is 0 Å². The van der Waals surface area contributed by atoms with Crippen LogP contribution in [-0.2, 0) is 19.1 Å². The van der Waals surface area contributed by atoms with Crippen LogP contribution >= 0.6 is 0 Å². The summed E-state index contributed by atoms with van der Waals surface area (Å²) in [5.41, 5.74) is 0. The Morgan fingerprint density at radius 1 is 1.07 bits per heavy atom. The fraction of sp³-hybridized carbons (Fsp3) is 0.818. The van der Waals surface area contributed by atoms with E-state index in [-0.39, 0.29) is 11.8 Å². The highest BCUT2D eigenvalue weighted by atomic mass is 16.5. The van der Waals surface area contributed by atoms with Gasteiger partial charge in [0.25, 0.3) is 0 Å². The molecule has 0 saturated heterocycles. The molecular weight excluding hydrogens is 196 g/mol. The largest absolute Gasteiger partial charge is 0.466 e. The first kappa shape index (κ1) is 16.5. The van der Waals surface area contributed by atoms with Gasteiger partial charge in [-0.05, 0) is 13.8 Å². The van der Waals surface area contributed by atoms with Crippen molar-refractivity contribution >= 4 is 11.8 Å². The van der Waals surface area contributed by atoms with Gasteiger partial charge in [0.2, 0.25) is 0 Å². The first-order valence-electron chi connectivity index (χ1n) is 5.31. The number of hydrogen-bond donors (Lipinski definition) is 0. The summed E-state index contributed by atoms with van der Waals surface area (Å²) in [7, 11) is 0. The zero-order valence-corrected chi connectivity index (χ0v) is 10.2. The van der Waals surface area contributed by atoms with Crippen molar-refractivity contribution in [2.45, 2.75) is 40.5 Å². The van der Waals surface area contributed by atoms with Gasteiger partial charge in [-0.1, -0.05) is 6.92 Å². The maximum atomic E-state index is 10.6. The van der Waals surface area contributed by atoms with Crippen LogP contribution in [0.3, 0.4) is 0 Å². The second-order valence-electron chi connectivity index (χ2n) is 2.76. The highest BCUT2D eigenvalue weighted by Gasteiger charge is 1.95. The van der Waals surface area contributed by atoms with E-state index >= 15 is 0 Å². The molecule has 15 heavy (non-hydrogen) atoms. The fourth-order valence-electron chi connectivity index (χ4n) is 0.710. The monoisotopic (exact) mass is 218 g/mol. The van der Waals surface area contributed by atoms with Crippen molar-refractivity contribution < 1.29 is 19.1 Å². The van der Waals surface area contributed by atoms with Gasteiger partial charge < -0.3 is 9.47 Å². The van der Waals surface area contributed by atoms with Crippen molar-refractivity contribution in [3.05, 3.63) is 0 Å². The fourth-order valence-corrected chi connectivity index (χ4v) is 0.710. The van der Waals surface area contributed by atoms with E-state index in [0.717, 1.165) is 0 Å². The lowest BCUT2D eigenvalue weighted by Crippen LogP contribution is -2.01. The van der Waals surface area contributed by atoms with Gasteiger partial charge in [0, 0.05) is 26.4 Å². The van der Waals surface area contributed by atoms with Gasteiger partial charge in [-0.25, -0.2) is 0 Å². The number of esters is 1. The average Bonchev–Trinajstić information content (AvgIpc) is 2.18. The molecule has 0 aliphatic carbocycles. The van der Waals surface area contributed by atoms with E-state index in [1.54, 1.807) is 6.92 Å². The van der Waals surface area contributed by atoms with Crippen LogP contribution in [0, 0.1) is 0 Å². The van der Waals surface area contributed by atoms with Crippen molar-refractivity contribution in [3.8, 4) is 0 Å². The third-order valence-corrected chi connectivity index (χ3v) is 1.47. The number of hydrogen-bond acceptors (Lipinski definition) is 4. The Hall–Kier alpha value is -0.900. The molecule has 0 spiro atoms. The van der Waals surface area contributed by atoms with E-state index in [0.29, 0.717) is 32.7 Å². The molecule has 0 aromatic rings. The predicted molar refractivity (Wildman–Crippen MR) is 58.7 cm³/mol. The number of ether oxygens (including phenoxy) is 2. The molecule has 0 atom stereocenters. The van der Waals surface area contributed by atoms with E-state index in [4.69, 9.17) is 4.74 Å². The normalized spacial score (nSPS) is 8.80. The number of Topliss-reactive ketones (excluding diaryl/α,β-unsaturated/α-hetero) is 1. The third-order valence-electron chi connectivity index (χ3n) is 1.47. The Kier molecular flexibility index (Phi) is 14.4. The molecule has 0 aromatic heterocycles. The lowest BCUT2D eigenvalue weighted by molar-refractivity contribution is -0.140. The Bertz CT molecular complexity index is 166. The molecule has 0 aliphatic rings. The van der Waals surface area contributed by atoms with Gasteiger partial charge in [0.15, 0.2) is 0 Å². The van der Waals surface area contributed by atoms with Gasteiger partial charge in [0.1, 0.15) is 5.78 Å². The number of ketones is 1. The molecule has 0 N–H and O–H groups in total. The topological polar surface area (TPSA) is 52.6 Å². The minimum Gasteiger partial charge on any atom is -0.466 e. The zero-order chi connectivity index (χ0) is 12.1. The van der Waals surface area contributed by atoms with Crippen LogP contribution in [0.1, 0.15) is 40.5 Å². The van der Waals surface area contributed by atoms with E-state index in [2.05, 4.69) is 4.74 Å². The molecule has 4 nitrogen and oxygen atoms in total.